The zero-order chi connectivity index (χ0) is 20.3. The van der Waals surface area contributed by atoms with Gasteiger partial charge in [-0.1, -0.05) is 42.6 Å². The van der Waals surface area contributed by atoms with E-state index in [0.29, 0.717) is 19.1 Å². The van der Waals surface area contributed by atoms with Gasteiger partial charge in [0.25, 0.3) is 0 Å². The Kier molecular flexibility index (Phi) is 6.39. The van der Waals surface area contributed by atoms with E-state index in [4.69, 9.17) is 4.74 Å². The van der Waals surface area contributed by atoms with Gasteiger partial charge in [0, 0.05) is 15.4 Å². The van der Waals surface area contributed by atoms with E-state index < -0.39 is 5.97 Å². The van der Waals surface area contributed by atoms with Crippen molar-refractivity contribution in [2.75, 3.05) is 6.61 Å². The van der Waals surface area contributed by atoms with E-state index in [2.05, 4.69) is 40.9 Å². The fourth-order valence-corrected chi connectivity index (χ4v) is 3.71. The number of fused-ring (bicyclic) bond motifs is 1. The maximum atomic E-state index is 11.3. The average Bonchev–Trinajstić information content (AvgIpc) is 2.99. The Morgan fingerprint density at radius 2 is 1.96 bits per heavy atom. The van der Waals surface area contributed by atoms with Crippen LogP contribution in [-0.2, 0) is 6.54 Å². The highest BCUT2D eigenvalue weighted by atomic mass is 79.9. The van der Waals surface area contributed by atoms with Crippen molar-refractivity contribution in [3.63, 3.8) is 0 Å². The van der Waals surface area contributed by atoms with Crippen LogP contribution in [-0.4, -0.2) is 27.5 Å². The molecule has 0 aliphatic heterocycles. The summed E-state index contributed by atoms with van der Waals surface area (Å²) >= 11 is 3.55. The maximum absolute atomic E-state index is 11.3. The van der Waals surface area contributed by atoms with Gasteiger partial charge >= 0.3 is 5.97 Å². The first-order valence-electron chi connectivity index (χ1n) is 9.54. The highest BCUT2D eigenvalue weighted by Gasteiger charge is 2.14. The van der Waals surface area contributed by atoms with E-state index in [1.54, 1.807) is 12.1 Å². The van der Waals surface area contributed by atoms with Gasteiger partial charge in [-0.2, -0.15) is 5.10 Å². The number of nitrogens with zero attached hydrogens (tertiary/aromatic N) is 2. The van der Waals surface area contributed by atoms with E-state index in [1.165, 1.54) is 0 Å². The van der Waals surface area contributed by atoms with Gasteiger partial charge in [0.05, 0.1) is 29.9 Å². The molecule has 5 nitrogen and oxygen atoms in total. The predicted octanol–water partition coefficient (Wildman–Crippen LogP) is 5.67. The largest absolute Gasteiger partial charge is 0.493 e. The summed E-state index contributed by atoms with van der Waals surface area (Å²) in [6.07, 6.45) is 2.19. The van der Waals surface area contributed by atoms with Gasteiger partial charge in [-0.15, -0.1) is 0 Å². The number of carboxylic acid groups (broad SMARTS) is 1. The molecule has 3 rings (SSSR count). The first kappa shape index (κ1) is 20.4. The summed E-state index contributed by atoms with van der Waals surface area (Å²) in [6.45, 7) is 7.51. The normalized spacial score (nSPS) is 11.3. The monoisotopic (exact) mass is 444 g/mol. The fraction of sp³-hybridized carbons (Fsp3) is 0.364. The molecule has 1 aromatic heterocycles. The number of hydrogen-bond acceptors (Lipinski definition) is 3. The minimum Gasteiger partial charge on any atom is -0.493 e. The quantitative estimate of drug-likeness (QED) is 0.485. The third kappa shape index (κ3) is 4.38. The second-order valence-electron chi connectivity index (χ2n) is 7.03. The summed E-state index contributed by atoms with van der Waals surface area (Å²) in [5, 5.41) is 14.7. The van der Waals surface area contributed by atoms with Crippen LogP contribution < -0.4 is 4.74 Å². The molecule has 0 amide bonds. The number of carbonyl (C=O) groups is 1. The zero-order valence-electron chi connectivity index (χ0n) is 16.4. The van der Waals surface area contributed by atoms with Gasteiger partial charge in [-0.05, 0) is 49.2 Å². The molecular formula is C22H25BrN2O3. The minimum atomic E-state index is -0.932. The van der Waals surface area contributed by atoms with Crippen LogP contribution in [0.2, 0.25) is 0 Å². The lowest BCUT2D eigenvalue weighted by atomic mass is 10.1. The number of hydrogen-bond donors (Lipinski definition) is 1. The van der Waals surface area contributed by atoms with Crippen LogP contribution in [0.4, 0.5) is 0 Å². The molecule has 0 bridgehead atoms. The van der Waals surface area contributed by atoms with Crippen molar-refractivity contribution in [3.8, 4) is 5.75 Å². The average molecular weight is 445 g/mol. The Bertz CT molecular complexity index is 993. The molecule has 28 heavy (non-hydrogen) atoms. The van der Waals surface area contributed by atoms with Crippen molar-refractivity contribution in [1.29, 1.82) is 0 Å². The molecule has 148 valence electrons. The number of halogens is 1. The molecule has 0 spiro atoms. The van der Waals surface area contributed by atoms with Crippen molar-refractivity contribution >= 4 is 32.8 Å². The number of aryl methyl sites for hydroxylation is 1. The van der Waals surface area contributed by atoms with Crippen LogP contribution in [0.15, 0.2) is 40.9 Å². The number of ether oxygens (including phenoxy) is 1. The third-order valence-electron chi connectivity index (χ3n) is 5.15. The van der Waals surface area contributed by atoms with Crippen molar-refractivity contribution in [2.45, 2.75) is 40.2 Å². The van der Waals surface area contributed by atoms with E-state index in [0.717, 1.165) is 45.2 Å². The highest BCUT2D eigenvalue weighted by Crippen LogP contribution is 2.27. The molecule has 2 aromatic carbocycles. The van der Waals surface area contributed by atoms with E-state index in [9.17, 15) is 9.90 Å². The lowest BCUT2D eigenvalue weighted by molar-refractivity contribution is 0.0697. The number of rotatable bonds is 8. The molecule has 0 saturated carbocycles. The van der Waals surface area contributed by atoms with Crippen molar-refractivity contribution in [1.82, 2.24) is 9.78 Å². The summed E-state index contributed by atoms with van der Waals surface area (Å²) in [7, 11) is 0. The Morgan fingerprint density at radius 3 is 2.64 bits per heavy atom. The standard InChI is InChI=1S/C22H25BrN2O3/c1-4-15(5-2)13-28-21-9-7-18(23)10-17(21)12-25-20-8-6-16(22(26)27)11-19(20)14(3)24-25/h6-11,15H,4-5,12-13H2,1-3H3,(H,26,27). The summed E-state index contributed by atoms with van der Waals surface area (Å²) in [6, 6.07) is 11.1. The van der Waals surface area contributed by atoms with Gasteiger partial charge < -0.3 is 9.84 Å². The predicted molar refractivity (Wildman–Crippen MR) is 114 cm³/mol. The molecule has 0 unspecified atom stereocenters. The van der Waals surface area contributed by atoms with E-state index in [1.807, 2.05) is 29.8 Å². The summed E-state index contributed by atoms with van der Waals surface area (Å²) in [4.78, 5) is 11.3. The molecule has 0 aliphatic carbocycles. The Morgan fingerprint density at radius 1 is 1.21 bits per heavy atom. The number of benzene rings is 2. The lowest BCUT2D eigenvalue weighted by Gasteiger charge is -2.17. The van der Waals surface area contributed by atoms with Crippen molar-refractivity contribution in [2.24, 2.45) is 5.92 Å². The molecule has 0 radical (unpaired) electrons. The van der Waals surface area contributed by atoms with Crippen LogP contribution in [0, 0.1) is 12.8 Å². The van der Waals surface area contributed by atoms with Gasteiger partial charge in [0.15, 0.2) is 0 Å². The van der Waals surface area contributed by atoms with Crippen LogP contribution >= 0.6 is 15.9 Å². The van der Waals surface area contributed by atoms with E-state index in [-0.39, 0.29) is 5.56 Å². The lowest BCUT2D eigenvalue weighted by Crippen LogP contribution is -2.12. The first-order valence-corrected chi connectivity index (χ1v) is 10.3. The Balaban J connectivity index is 1.93. The highest BCUT2D eigenvalue weighted by molar-refractivity contribution is 9.10. The number of aromatic carboxylic acids is 1. The summed E-state index contributed by atoms with van der Waals surface area (Å²) in [5.41, 5.74) is 3.03. The molecule has 0 atom stereocenters. The zero-order valence-corrected chi connectivity index (χ0v) is 18.0. The summed E-state index contributed by atoms with van der Waals surface area (Å²) in [5.74, 6) is 0.468. The minimum absolute atomic E-state index is 0.270. The van der Waals surface area contributed by atoms with E-state index >= 15 is 0 Å². The second kappa shape index (κ2) is 8.78. The van der Waals surface area contributed by atoms with Crippen LogP contribution in [0.25, 0.3) is 10.9 Å². The van der Waals surface area contributed by atoms with Gasteiger partial charge in [0.2, 0.25) is 0 Å². The Labute approximate surface area is 173 Å². The fourth-order valence-electron chi connectivity index (χ4n) is 3.30. The molecule has 0 saturated heterocycles. The molecule has 3 aromatic rings. The van der Waals surface area contributed by atoms with Crippen LogP contribution in [0.1, 0.15) is 48.3 Å². The van der Waals surface area contributed by atoms with Gasteiger partial charge in [0.1, 0.15) is 5.75 Å². The molecule has 1 N–H and O–H groups in total. The topological polar surface area (TPSA) is 64.4 Å². The maximum Gasteiger partial charge on any atom is 0.335 e. The first-order chi connectivity index (χ1) is 13.4. The second-order valence-corrected chi connectivity index (χ2v) is 7.94. The number of carboxylic acids is 1. The third-order valence-corrected chi connectivity index (χ3v) is 5.65. The van der Waals surface area contributed by atoms with Gasteiger partial charge in [-0.25, -0.2) is 4.79 Å². The smallest absolute Gasteiger partial charge is 0.335 e. The number of aromatic nitrogens is 2. The summed E-state index contributed by atoms with van der Waals surface area (Å²) < 4.78 is 9.03. The molecule has 0 fully saturated rings. The molecule has 0 aliphatic rings. The molecule has 6 heteroatoms. The SMILES string of the molecule is CCC(CC)COc1ccc(Br)cc1Cn1nc(C)c2cc(C(=O)O)ccc21. The molecule has 1 heterocycles. The van der Waals surface area contributed by atoms with Crippen LogP contribution in [0.3, 0.4) is 0 Å². The van der Waals surface area contributed by atoms with Gasteiger partial charge in [-0.3, -0.25) is 4.68 Å². The molecular weight excluding hydrogens is 420 g/mol. The van der Waals surface area contributed by atoms with Crippen molar-refractivity contribution in [3.05, 3.63) is 57.7 Å². The van der Waals surface area contributed by atoms with Crippen molar-refractivity contribution < 1.29 is 14.6 Å². The Hall–Kier alpha value is -2.34. The van der Waals surface area contributed by atoms with Crippen LogP contribution in [0.5, 0.6) is 5.75 Å².